The lowest BCUT2D eigenvalue weighted by Crippen LogP contribution is -2.36. The van der Waals surface area contributed by atoms with E-state index in [1.807, 2.05) is 25.1 Å². The Labute approximate surface area is 174 Å². The number of benzene rings is 1. The van der Waals surface area contributed by atoms with E-state index in [4.69, 9.17) is 4.74 Å². The standard InChI is InChI=1S/C22H24N4O4/c1-15-4-6-17-18(13-15)22(29)26(21(17)28)8-2-3-20(27)24-16-5-7-19(23-14-16)25-9-11-30-12-10-25/h4-7,13-14H,2-3,8-12H2,1H3,(H,24,27). The van der Waals surface area contributed by atoms with Gasteiger partial charge in [0.15, 0.2) is 0 Å². The molecule has 1 saturated heterocycles. The summed E-state index contributed by atoms with van der Waals surface area (Å²) < 4.78 is 5.34. The summed E-state index contributed by atoms with van der Waals surface area (Å²) >= 11 is 0. The van der Waals surface area contributed by atoms with E-state index in [-0.39, 0.29) is 30.7 Å². The minimum Gasteiger partial charge on any atom is -0.378 e. The summed E-state index contributed by atoms with van der Waals surface area (Å²) in [6.45, 7) is 5.08. The molecule has 3 heterocycles. The largest absolute Gasteiger partial charge is 0.378 e. The maximum absolute atomic E-state index is 12.5. The second-order valence-corrected chi connectivity index (χ2v) is 7.47. The summed E-state index contributed by atoms with van der Waals surface area (Å²) in [5, 5.41) is 2.81. The highest BCUT2D eigenvalue weighted by Gasteiger charge is 2.34. The van der Waals surface area contributed by atoms with Crippen molar-refractivity contribution in [2.75, 3.05) is 43.1 Å². The first-order valence-corrected chi connectivity index (χ1v) is 10.1. The average Bonchev–Trinajstić information content (AvgIpc) is 2.99. The number of aryl methyl sites for hydroxylation is 1. The molecule has 2 aliphatic heterocycles. The Morgan fingerprint density at radius 2 is 1.87 bits per heavy atom. The van der Waals surface area contributed by atoms with Gasteiger partial charge in [-0.25, -0.2) is 4.98 Å². The molecule has 2 aromatic rings. The molecule has 8 nitrogen and oxygen atoms in total. The first-order chi connectivity index (χ1) is 14.5. The van der Waals surface area contributed by atoms with E-state index < -0.39 is 0 Å². The fourth-order valence-electron chi connectivity index (χ4n) is 3.67. The Balaban J connectivity index is 1.26. The van der Waals surface area contributed by atoms with Crippen molar-refractivity contribution in [2.45, 2.75) is 19.8 Å². The summed E-state index contributed by atoms with van der Waals surface area (Å²) in [6.07, 6.45) is 2.24. The van der Waals surface area contributed by atoms with E-state index in [0.29, 0.717) is 36.4 Å². The number of pyridine rings is 1. The van der Waals surface area contributed by atoms with Crippen molar-refractivity contribution >= 4 is 29.2 Å². The summed E-state index contributed by atoms with van der Waals surface area (Å²) in [6, 6.07) is 8.93. The van der Waals surface area contributed by atoms with Crippen LogP contribution in [0.4, 0.5) is 11.5 Å². The summed E-state index contributed by atoms with van der Waals surface area (Å²) in [4.78, 5) is 44.9. The molecule has 3 amide bonds. The van der Waals surface area contributed by atoms with Crippen LogP contribution >= 0.6 is 0 Å². The maximum Gasteiger partial charge on any atom is 0.261 e. The number of ether oxygens (including phenoxy) is 1. The number of imide groups is 1. The average molecular weight is 408 g/mol. The highest BCUT2D eigenvalue weighted by Crippen LogP contribution is 2.24. The van der Waals surface area contributed by atoms with Crippen LogP contribution in [0.15, 0.2) is 36.5 Å². The molecule has 1 fully saturated rings. The Kier molecular flexibility index (Phi) is 5.76. The van der Waals surface area contributed by atoms with Gasteiger partial charge in [-0.1, -0.05) is 11.6 Å². The highest BCUT2D eigenvalue weighted by atomic mass is 16.5. The molecular weight excluding hydrogens is 384 g/mol. The third kappa shape index (κ3) is 4.18. The third-order valence-electron chi connectivity index (χ3n) is 5.28. The topological polar surface area (TPSA) is 91.8 Å². The van der Waals surface area contributed by atoms with Gasteiger partial charge < -0.3 is 15.0 Å². The Hall–Kier alpha value is -3.26. The Morgan fingerprint density at radius 1 is 1.10 bits per heavy atom. The zero-order chi connectivity index (χ0) is 21.1. The number of morpholine rings is 1. The van der Waals surface area contributed by atoms with Crippen molar-refractivity contribution in [3.05, 3.63) is 53.2 Å². The first-order valence-electron chi connectivity index (χ1n) is 10.1. The van der Waals surface area contributed by atoms with E-state index in [0.717, 1.165) is 24.5 Å². The number of aromatic nitrogens is 1. The Morgan fingerprint density at radius 3 is 2.60 bits per heavy atom. The van der Waals surface area contributed by atoms with Gasteiger partial charge in [0.05, 0.1) is 36.2 Å². The van der Waals surface area contributed by atoms with E-state index in [1.165, 1.54) is 4.90 Å². The molecule has 0 aliphatic carbocycles. The molecule has 30 heavy (non-hydrogen) atoms. The molecule has 0 unspecified atom stereocenters. The van der Waals surface area contributed by atoms with Crippen molar-refractivity contribution in [3.8, 4) is 0 Å². The van der Waals surface area contributed by atoms with Crippen LogP contribution in [0.2, 0.25) is 0 Å². The number of carbonyl (C=O) groups excluding carboxylic acids is 3. The normalized spacial score (nSPS) is 16.0. The highest BCUT2D eigenvalue weighted by molar-refractivity contribution is 6.21. The molecule has 2 aliphatic rings. The number of amides is 3. The lowest BCUT2D eigenvalue weighted by atomic mass is 10.1. The van der Waals surface area contributed by atoms with Gasteiger partial charge in [-0.2, -0.15) is 0 Å². The second-order valence-electron chi connectivity index (χ2n) is 7.47. The zero-order valence-electron chi connectivity index (χ0n) is 16.9. The SMILES string of the molecule is Cc1ccc2c(c1)C(=O)N(CCCC(=O)Nc1ccc(N3CCOCC3)nc1)C2=O. The van der Waals surface area contributed by atoms with Crippen LogP contribution in [0.5, 0.6) is 0 Å². The molecule has 0 spiro atoms. The molecule has 0 atom stereocenters. The van der Waals surface area contributed by atoms with Gasteiger partial charge in [0.2, 0.25) is 5.91 Å². The molecular formula is C22H24N4O4. The van der Waals surface area contributed by atoms with Crippen LogP contribution in [-0.4, -0.2) is 60.5 Å². The molecule has 0 bridgehead atoms. The summed E-state index contributed by atoms with van der Waals surface area (Å²) in [5.74, 6) is 0.0980. The van der Waals surface area contributed by atoms with E-state index in [2.05, 4.69) is 15.2 Å². The van der Waals surface area contributed by atoms with Crippen molar-refractivity contribution in [1.82, 2.24) is 9.88 Å². The van der Waals surface area contributed by atoms with Gasteiger partial charge in [0.1, 0.15) is 5.82 Å². The van der Waals surface area contributed by atoms with Crippen LogP contribution in [-0.2, 0) is 9.53 Å². The number of anilines is 2. The molecule has 1 aromatic heterocycles. The van der Waals surface area contributed by atoms with Gasteiger partial charge in [-0.3, -0.25) is 19.3 Å². The maximum atomic E-state index is 12.5. The lowest BCUT2D eigenvalue weighted by Gasteiger charge is -2.27. The lowest BCUT2D eigenvalue weighted by molar-refractivity contribution is -0.116. The molecule has 0 radical (unpaired) electrons. The van der Waals surface area contributed by atoms with Crippen molar-refractivity contribution in [3.63, 3.8) is 0 Å². The molecule has 1 aromatic carbocycles. The number of nitrogens with one attached hydrogen (secondary N) is 1. The minimum absolute atomic E-state index is 0.177. The Bertz CT molecular complexity index is 968. The van der Waals surface area contributed by atoms with Gasteiger partial charge in [0.25, 0.3) is 11.8 Å². The smallest absolute Gasteiger partial charge is 0.261 e. The van der Waals surface area contributed by atoms with Crippen LogP contribution in [0, 0.1) is 6.92 Å². The molecule has 8 heteroatoms. The fourth-order valence-corrected chi connectivity index (χ4v) is 3.67. The van der Waals surface area contributed by atoms with Crippen LogP contribution in [0.3, 0.4) is 0 Å². The number of hydrogen-bond donors (Lipinski definition) is 1. The van der Waals surface area contributed by atoms with Gasteiger partial charge >= 0.3 is 0 Å². The van der Waals surface area contributed by atoms with Gasteiger partial charge in [-0.05, 0) is 37.6 Å². The first kappa shape index (κ1) is 20.0. The van der Waals surface area contributed by atoms with Gasteiger partial charge in [0, 0.05) is 26.1 Å². The van der Waals surface area contributed by atoms with E-state index in [1.54, 1.807) is 18.3 Å². The molecule has 4 rings (SSSR count). The van der Waals surface area contributed by atoms with Gasteiger partial charge in [-0.15, -0.1) is 0 Å². The van der Waals surface area contributed by atoms with Crippen molar-refractivity contribution < 1.29 is 19.1 Å². The zero-order valence-corrected chi connectivity index (χ0v) is 16.9. The number of carbonyl (C=O) groups is 3. The van der Waals surface area contributed by atoms with E-state index >= 15 is 0 Å². The van der Waals surface area contributed by atoms with Crippen molar-refractivity contribution in [2.24, 2.45) is 0 Å². The molecule has 0 saturated carbocycles. The van der Waals surface area contributed by atoms with Crippen molar-refractivity contribution in [1.29, 1.82) is 0 Å². The predicted octanol–water partition coefficient (Wildman–Crippen LogP) is 2.24. The number of hydrogen-bond acceptors (Lipinski definition) is 6. The summed E-state index contributed by atoms with van der Waals surface area (Å²) in [7, 11) is 0. The molecule has 1 N–H and O–H groups in total. The van der Waals surface area contributed by atoms with Crippen LogP contribution < -0.4 is 10.2 Å². The number of fused-ring (bicyclic) bond motifs is 1. The monoisotopic (exact) mass is 408 g/mol. The van der Waals surface area contributed by atoms with Crippen LogP contribution in [0.1, 0.15) is 39.1 Å². The molecule has 156 valence electrons. The fraction of sp³-hybridized carbons (Fsp3) is 0.364. The summed E-state index contributed by atoms with van der Waals surface area (Å²) in [5.41, 5.74) is 2.43. The van der Waals surface area contributed by atoms with E-state index in [9.17, 15) is 14.4 Å². The quantitative estimate of drug-likeness (QED) is 0.737. The third-order valence-corrected chi connectivity index (χ3v) is 5.28. The van der Waals surface area contributed by atoms with Crippen LogP contribution in [0.25, 0.3) is 0 Å². The number of nitrogens with zero attached hydrogens (tertiary/aromatic N) is 3. The second kappa shape index (κ2) is 8.62. The minimum atomic E-state index is -0.293. The predicted molar refractivity (Wildman–Crippen MR) is 112 cm³/mol. The number of rotatable bonds is 6.